The van der Waals surface area contributed by atoms with Crippen molar-refractivity contribution in [3.63, 3.8) is 0 Å². The van der Waals surface area contributed by atoms with E-state index in [4.69, 9.17) is 19.4 Å². The first-order chi connectivity index (χ1) is 15.3. The third-order valence-corrected chi connectivity index (χ3v) is 7.75. The highest BCUT2D eigenvalue weighted by Crippen LogP contribution is 2.32. The minimum Gasteiger partial charge on any atom is -0.381 e. The molecule has 3 aliphatic heterocycles. The molecule has 5 rings (SSSR count). The molecule has 1 N–H and O–H groups in total. The Labute approximate surface area is 186 Å². The van der Waals surface area contributed by atoms with Crippen LogP contribution >= 0.6 is 0 Å². The average Bonchev–Trinajstić information content (AvgIpc) is 3.20. The van der Waals surface area contributed by atoms with Gasteiger partial charge in [0.15, 0.2) is 0 Å². The lowest BCUT2D eigenvalue weighted by atomic mass is 10.1. The van der Waals surface area contributed by atoms with Gasteiger partial charge in [-0.2, -0.15) is 4.98 Å². The van der Waals surface area contributed by atoms with E-state index in [1.54, 1.807) is 0 Å². The zero-order valence-electron chi connectivity index (χ0n) is 17.8. The van der Waals surface area contributed by atoms with Crippen molar-refractivity contribution in [3.05, 3.63) is 41.6 Å². The third-order valence-electron chi connectivity index (χ3n) is 6.29. The molecule has 2 aromatic rings. The number of benzene rings is 1. The molecule has 8 heteroatoms. The molecule has 1 aromatic carbocycles. The normalized spacial score (nSPS) is 22.5. The molecular weight excluding hydrogens is 412 g/mol. The second-order valence-electron chi connectivity index (χ2n) is 8.46. The summed E-state index contributed by atoms with van der Waals surface area (Å²) in [5.41, 5.74) is 2.16. The number of aryl methyl sites for hydroxylation is 1. The van der Waals surface area contributed by atoms with Gasteiger partial charge in [-0.1, -0.05) is 30.3 Å². The van der Waals surface area contributed by atoms with Crippen LogP contribution in [0.5, 0.6) is 0 Å². The van der Waals surface area contributed by atoms with Gasteiger partial charge in [0.05, 0.1) is 29.2 Å². The lowest BCUT2D eigenvalue weighted by Crippen LogP contribution is -2.38. The van der Waals surface area contributed by atoms with Crippen molar-refractivity contribution in [1.29, 1.82) is 0 Å². The first kappa shape index (κ1) is 20.8. The molecule has 1 aromatic heterocycles. The van der Waals surface area contributed by atoms with Crippen LogP contribution in [0.2, 0.25) is 0 Å². The Morgan fingerprint density at radius 1 is 1.10 bits per heavy atom. The highest BCUT2D eigenvalue weighted by atomic mass is 32.2. The van der Waals surface area contributed by atoms with Crippen molar-refractivity contribution in [1.82, 2.24) is 9.97 Å². The molecule has 4 heterocycles. The highest BCUT2D eigenvalue weighted by molar-refractivity contribution is 7.85. The fraction of sp³-hybridized carbons (Fsp3) is 0.565. The molecule has 3 aliphatic rings. The number of piperidine rings is 1. The number of rotatable bonds is 6. The third kappa shape index (κ3) is 4.91. The summed E-state index contributed by atoms with van der Waals surface area (Å²) in [4.78, 5) is 12.7. The van der Waals surface area contributed by atoms with Crippen LogP contribution in [0.25, 0.3) is 0 Å². The van der Waals surface area contributed by atoms with Crippen molar-refractivity contribution in [2.24, 2.45) is 0 Å². The number of hydrogen-bond donors (Lipinski definition) is 1. The van der Waals surface area contributed by atoms with E-state index < -0.39 is 10.8 Å². The first-order valence-electron chi connectivity index (χ1n) is 11.3. The molecule has 1 atom stereocenters. The van der Waals surface area contributed by atoms with Crippen LogP contribution in [-0.2, 0) is 33.3 Å². The van der Waals surface area contributed by atoms with Crippen molar-refractivity contribution >= 4 is 22.6 Å². The number of ether oxygens (including phenoxy) is 2. The van der Waals surface area contributed by atoms with Gasteiger partial charge < -0.3 is 19.7 Å². The maximum Gasteiger partial charge on any atom is 0.227 e. The molecule has 0 radical (unpaired) electrons. The summed E-state index contributed by atoms with van der Waals surface area (Å²) in [6, 6.07) is 10.6. The molecule has 0 saturated carbocycles. The Balaban J connectivity index is 1.25. The van der Waals surface area contributed by atoms with E-state index in [0.29, 0.717) is 18.4 Å². The summed E-state index contributed by atoms with van der Waals surface area (Å²) in [6.45, 7) is 3.93. The van der Waals surface area contributed by atoms with E-state index in [0.717, 1.165) is 80.8 Å². The molecule has 1 unspecified atom stereocenters. The predicted molar refractivity (Wildman–Crippen MR) is 121 cm³/mol. The van der Waals surface area contributed by atoms with Gasteiger partial charge >= 0.3 is 0 Å². The number of nitrogens with one attached hydrogen (secondary N) is 1. The number of anilines is 2. The summed E-state index contributed by atoms with van der Waals surface area (Å²) in [7, 11) is -1.01. The summed E-state index contributed by atoms with van der Waals surface area (Å²) >= 11 is 0. The van der Waals surface area contributed by atoms with Crippen LogP contribution in [0.1, 0.15) is 36.9 Å². The summed E-state index contributed by atoms with van der Waals surface area (Å²) < 4.78 is 24.2. The van der Waals surface area contributed by atoms with Gasteiger partial charge in [0, 0.05) is 44.5 Å². The first-order valence-corrected chi connectivity index (χ1v) is 12.6. The van der Waals surface area contributed by atoms with Crippen molar-refractivity contribution in [2.75, 3.05) is 42.3 Å². The zero-order valence-corrected chi connectivity index (χ0v) is 18.6. The van der Waals surface area contributed by atoms with Gasteiger partial charge in [-0.3, -0.25) is 4.21 Å². The van der Waals surface area contributed by atoms with Crippen LogP contribution in [0, 0.1) is 0 Å². The molecule has 166 valence electrons. The summed E-state index contributed by atoms with van der Waals surface area (Å²) in [6.07, 6.45) is 4.84. The van der Waals surface area contributed by atoms with Gasteiger partial charge in [-0.05, 0) is 31.2 Å². The van der Waals surface area contributed by atoms with E-state index in [2.05, 4.69) is 22.3 Å². The smallest absolute Gasteiger partial charge is 0.227 e. The molecular formula is C23H30N4O3S. The average molecular weight is 443 g/mol. The number of fused-ring (bicyclic) bond motifs is 1. The van der Waals surface area contributed by atoms with Gasteiger partial charge in [0.1, 0.15) is 10.7 Å². The van der Waals surface area contributed by atoms with Crippen molar-refractivity contribution in [3.8, 4) is 0 Å². The molecule has 7 nitrogen and oxygen atoms in total. The van der Waals surface area contributed by atoms with E-state index in [1.165, 1.54) is 5.56 Å². The van der Waals surface area contributed by atoms with Crippen LogP contribution in [0.3, 0.4) is 0 Å². The summed E-state index contributed by atoms with van der Waals surface area (Å²) in [5, 5.41) is 3.56. The number of nitrogens with zero attached hydrogens (tertiary/aromatic N) is 3. The van der Waals surface area contributed by atoms with E-state index in [-0.39, 0.29) is 6.10 Å². The molecule has 2 fully saturated rings. The number of aromatic nitrogens is 2. The molecule has 0 bridgehead atoms. The maximum absolute atomic E-state index is 12.6. The van der Waals surface area contributed by atoms with E-state index in [9.17, 15) is 4.21 Å². The predicted octanol–water partition coefficient (Wildman–Crippen LogP) is 2.92. The summed E-state index contributed by atoms with van der Waals surface area (Å²) in [5.74, 6) is 2.17. The molecule has 0 spiro atoms. The standard InChI is InChI=1S/C23H30N4O3S/c28-31-15-10-20-21(31)22(24-18-8-13-29-14-9-18)26-23(25-20)27-11-6-19(7-12-27)30-16-17-4-2-1-3-5-17/h1-5,18-19H,6-16H2,(H,24,25,26). The van der Waals surface area contributed by atoms with Gasteiger partial charge in [-0.15, -0.1) is 0 Å². The maximum atomic E-state index is 12.6. The fourth-order valence-corrected chi connectivity index (χ4v) is 5.78. The van der Waals surface area contributed by atoms with Crippen LogP contribution in [-0.4, -0.2) is 58.4 Å². The SMILES string of the molecule is O=S1CCc2nc(N3CCC(OCc4ccccc4)CC3)nc(NC3CCOCC3)c21. The van der Waals surface area contributed by atoms with Crippen LogP contribution < -0.4 is 10.2 Å². The Morgan fingerprint density at radius 2 is 1.87 bits per heavy atom. The minimum atomic E-state index is -1.01. The largest absolute Gasteiger partial charge is 0.381 e. The Bertz CT molecular complexity index is 913. The van der Waals surface area contributed by atoms with Gasteiger partial charge in [-0.25, -0.2) is 4.98 Å². The lowest BCUT2D eigenvalue weighted by molar-refractivity contribution is 0.0249. The molecule has 0 amide bonds. The van der Waals surface area contributed by atoms with Crippen molar-refractivity contribution in [2.45, 2.75) is 55.8 Å². The second-order valence-corrected chi connectivity index (χ2v) is 9.97. The Kier molecular flexibility index (Phi) is 6.47. The lowest BCUT2D eigenvalue weighted by Gasteiger charge is -2.32. The molecule has 0 aliphatic carbocycles. The van der Waals surface area contributed by atoms with Gasteiger partial charge in [0.2, 0.25) is 5.95 Å². The topological polar surface area (TPSA) is 76.6 Å². The van der Waals surface area contributed by atoms with Crippen molar-refractivity contribution < 1.29 is 13.7 Å². The van der Waals surface area contributed by atoms with Crippen LogP contribution in [0.4, 0.5) is 11.8 Å². The monoisotopic (exact) mass is 442 g/mol. The zero-order chi connectivity index (χ0) is 21.0. The van der Waals surface area contributed by atoms with E-state index >= 15 is 0 Å². The highest BCUT2D eigenvalue weighted by Gasteiger charge is 2.30. The van der Waals surface area contributed by atoms with Crippen LogP contribution in [0.15, 0.2) is 35.2 Å². The molecule has 2 saturated heterocycles. The minimum absolute atomic E-state index is 0.262. The second kappa shape index (κ2) is 9.63. The van der Waals surface area contributed by atoms with E-state index in [1.807, 2.05) is 18.2 Å². The fourth-order valence-electron chi connectivity index (χ4n) is 4.47. The Morgan fingerprint density at radius 3 is 2.65 bits per heavy atom. The quantitative estimate of drug-likeness (QED) is 0.737. The Hall–Kier alpha value is -2.03. The number of hydrogen-bond acceptors (Lipinski definition) is 7. The molecule has 31 heavy (non-hydrogen) atoms. The van der Waals surface area contributed by atoms with Gasteiger partial charge in [0.25, 0.3) is 0 Å².